The number of rotatable bonds is 42. The first kappa shape index (κ1) is 46.9. The fourth-order valence-corrected chi connectivity index (χ4v) is 7.34. The first-order valence-corrected chi connectivity index (χ1v) is 22.9. The van der Waals surface area contributed by atoms with E-state index in [1.165, 1.54) is 231 Å². The number of hydrogen-bond donors (Lipinski definition) is 0. The van der Waals surface area contributed by atoms with Crippen LogP contribution in [0.25, 0.3) is 0 Å². The zero-order valence-corrected chi connectivity index (χ0v) is 33.1. The predicted octanol–water partition coefficient (Wildman–Crippen LogP) is 15.1. The molecule has 0 atom stereocenters. The van der Waals surface area contributed by atoms with Crippen LogP contribution < -0.4 is 0 Å². The zero-order chi connectivity index (χ0) is 34.2. The van der Waals surface area contributed by atoms with E-state index in [0.29, 0.717) is 0 Å². The molecule has 0 rings (SSSR count). The van der Waals surface area contributed by atoms with Gasteiger partial charge in [0.25, 0.3) is 0 Å². The van der Waals surface area contributed by atoms with Gasteiger partial charge in [-0.05, 0) is 6.42 Å². The van der Waals surface area contributed by atoms with E-state index >= 15 is 0 Å². The van der Waals surface area contributed by atoms with E-state index in [2.05, 4.69) is 11.1 Å². The molecule has 5 heteroatoms. The lowest BCUT2D eigenvalue weighted by molar-refractivity contribution is 0.238. The van der Waals surface area contributed by atoms with Gasteiger partial charge in [0, 0.05) is 0 Å². The SMILES string of the molecule is CCCCCCCCCCCCCCCCCCCCCCCCCCCCCCCCCCCCCCCCCOS(=O)(=O)OC. The standard InChI is InChI=1S/C42H86O4S/c1-3-4-5-6-7-8-9-10-11-12-13-14-15-16-17-18-19-20-21-22-23-24-25-26-27-28-29-30-31-32-33-34-35-36-37-38-39-40-41-42-46-47(43,44)45-2/h3-42H2,1-2H3. The number of unbranched alkanes of at least 4 members (excludes halogenated alkanes) is 38. The fourth-order valence-electron chi connectivity index (χ4n) is 6.93. The molecule has 0 unspecified atom stereocenters. The van der Waals surface area contributed by atoms with Crippen LogP contribution in [0, 0.1) is 0 Å². The van der Waals surface area contributed by atoms with Gasteiger partial charge >= 0.3 is 10.4 Å². The monoisotopic (exact) mass is 687 g/mol. The van der Waals surface area contributed by atoms with Crippen molar-refractivity contribution >= 4 is 10.4 Å². The van der Waals surface area contributed by atoms with Crippen molar-refractivity contribution in [3.8, 4) is 0 Å². The maximum atomic E-state index is 11.0. The van der Waals surface area contributed by atoms with Gasteiger partial charge in [-0.15, -0.1) is 0 Å². The van der Waals surface area contributed by atoms with Crippen LogP contribution in [-0.2, 0) is 18.8 Å². The molecule has 0 fully saturated rings. The highest BCUT2D eigenvalue weighted by atomic mass is 32.3. The molecular formula is C42H86O4S. The molecular weight excluding hydrogens is 601 g/mol. The second-order valence-corrected chi connectivity index (χ2v) is 16.2. The van der Waals surface area contributed by atoms with E-state index in [0.717, 1.165) is 26.4 Å². The summed E-state index contributed by atoms with van der Waals surface area (Å²) in [6.45, 7) is 2.54. The summed E-state index contributed by atoms with van der Waals surface area (Å²) in [6, 6.07) is 0. The third kappa shape index (κ3) is 42.0. The second kappa shape index (κ2) is 40.3. The first-order chi connectivity index (χ1) is 23.1. The van der Waals surface area contributed by atoms with Crippen LogP contribution in [0.4, 0.5) is 0 Å². The Morgan fingerprint density at radius 3 is 0.638 bits per heavy atom. The highest BCUT2D eigenvalue weighted by Gasteiger charge is 2.07. The summed E-state index contributed by atoms with van der Waals surface area (Å²) in [5.74, 6) is 0. The molecule has 284 valence electrons. The van der Waals surface area contributed by atoms with Crippen LogP contribution in [0.5, 0.6) is 0 Å². The average Bonchev–Trinajstić information content (AvgIpc) is 3.07. The topological polar surface area (TPSA) is 52.6 Å². The van der Waals surface area contributed by atoms with Crippen LogP contribution in [0.2, 0.25) is 0 Å². The maximum Gasteiger partial charge on any atom is 0.399 e. The van der Waals surface area contributed by atoms with Crippen molar-refractivity contribution in [3.05, 3.63) is 0 Å². The Bertz CT molecular complexity index is 666. The first-order valence-electron chi connectivity index (χ1n) is 21.6. The zero-order valence-electron chi connectivity index (χ0n) is 32.3. The molecule has 4 nitrogen and oxygen atoms in total. The summed E-state index contributed by atoms with van der Waals surface area (Å²) in [4.78, 5) is 0. The van der Waals surface area contributed by atoms with E-state index in [1.54, 1.807) is 0 Å². The lowest BCUT2D eigenvalue weighted by atomic mass is 10.0. The third-order valence-electron chi connectivity index (χ3n) is 10.2. The van der Waals surface area contributed by atoms with E-state index < -0.39 is 10.4 Å². The Hall–Kier alpha value is -0.130. The Labute approximate surface area is 297 Å². The summed E-state index contributed by atoms with van der Waals surface area (Å²) >= 11 is 0. The molecule has 47 heavy (non-hydrogen) atoms. The molecule has 0 bridgehead atoms. The lowest BCUT2D eigenvalue weighted by Gasteiger charge is -2.05. The molecule has 0 aromatic rings. The average molecular weight is 687 g/mol. The lowest BCUT2D eigenvalue weighted by Crippen LogP contribution is -2.08. The van der Waals surface area contributed by atoms with Crippen LogP contribution in [-0.4, -0.2) is 22.1 Å². The fraction of sp³-hybridized carbons (Fsp3) is 1.00. The molecule has 0 heterocycles. The quantitative estimate of drug-likeness (QED) is 0.0600. The Morgan fingerprint density at radius 2 is 0.468 bits per heavy atom. The minimum Gasteiger partial charge on any atom is -0.252 e. The summed E-state index contributed by atoms with van der Waals surface area (Å²) in [5.41, 5.74) is 0. The molecule has 0 saturated heterocycles. The van der Waals surface area contributed by atoms with Gasteiger partial charge in [-0.2, -0.15) is 8.42 Å². The molecule has 0 amide bonds. The highest BCUT2D eigenvalue weighted by Crippen LogP contribution is 2.17. The summed E-state index contributed by atoms with van der Waals surface area (Å²) in [5, 5.41) is 0. The predicted molar refractivity (Wildman–Crippen MR) is 208 cm³/mol. The molecule has 0 N–H and O–H groups in total. The van der Waals surface area contributed by atoms with Crippen molar-refractivity contribution in [2.45, 2.75) is 257 Å². The van der Waals surface area contributed by atoms with Gasteiger partial charge in [-0.25, -0.2) is 4.18 Å². The summed E-state index contributed by atoms with van der Waals surface area (Å²) in [6.07, 6.45) is 54.9. The Kier molecular flexibility index (Phi) is 40.2. The molecule has 0 radical (unpaired) electrons. The van der Waals surface area contributed by atoms with Crippen LogP contribution in [0.1, 0.15) is 257 Å². The van der Waals surface area contributed by atoms with Gasteiger partial charge in [-0.1, -0.05) is 251 Å². The number of hydrogen-bond acceptors (Lipinski definition) is 4. The van der Waals surface area contributed by atoms with Crippen molar-refractivity contribution in [2.75, 3.05) is 13.7 Å². The normalized spacial score (nSPS) is 12.0. The molecule has 0 aliphatic heterocycles. The molecule has 0 spiro atoms. The van der Waals surface area contributed by atoms with Crippen LogP contribution in [0.15, 0.2) is 0 Å². The van der Waals surface area contributed by atoms with Crippen molar-refractivity contribution < 1.29 is 16.8 Å². The van der Waals surface area contributed by atoms with Crippen molar-refractivity contribution in [1.29, 1.82) is 0 Å². The second-order valence-electron chi connectivity index (χ2n) is 14.8. The van der Waals surface area contributed by atoms with Crippen molar-refractivity contribution in [1.82, 2.24) is 0 Å². The molecule has 0 saturated carbocycles. The molecule has 0 aliphatic rings. The van der Waals surface area contributed by atoms with Crippen molar-refractivity contribution in [2.24, 2.45) is 0 Å². The van der Waals surface area contributed by atoms with Gasteiger partial charge in [0.1, 0.15) is 0 Å². The molecule has 0 aromatic carbocycles. The maximum absolute atomic E-state index is 11.0. The van der Waals surface area contributed by atoms with Gasteiger partial charge in [-0.3, -0.25) is 4.18 Å². The van der Waals surface area contributed by atoms with Crippen LogP contribution >= 0.6 is 0 Å². The Morgan fingerprint density at radius 1 is 0.298 bits per heavy atom. The minimum absolute atomic E-state index is 0.232. The van der Waals surface area contributed by atoms with Crippen molar-refractivity contribution in [3.63, 3.8) is 0 Å². The van der Waals surface area contributed by atoms with E-state index in [-0.39, 0.29) is 6.61 Å². The van der Waals surface area contributed by atoms with Gasteiger partial charge < -0.3 is 0 Å². The van der Waals surface area contributed by atoms with E-state index in [4.69, 9.17) is 4.18 Å². The summed E-state index contributed by atoms with van der Waals surface area (Å²) in [7, 11) is -2.63. The molecule has 0 aliphatic carbocycles. The van der Waals surface area contributed by atoms with E-state index in [1.807, 2.05) is 0 Å². The van der Waals surface area contributed by atoms with Crippen LogP contribution in [0.3, 0.4) is 0 Å². The third-order valence-corrected chi connectivity index (χ3v) is 11.0. The van der Waals surface area contributed by atoms with Gasteiger partial charge in [0.15, 0.2) is 0 Å². The van der Waals surface area contributed by atoms with E-state index in [9.17, 15) is 8.42 Å². The largest absolute Gasteiger partial charge is 0.399 e. The van der Waals surface area contributed by atoms with Gasteiger partial charge in [0.05, 0.1) is 13.7 Å². The molecule has 0 aromatic heterocycles. The Balaban J connectivity index is 3.07. The highest BCUT2D eigenvalue weighted by molar-refractivity contribution is 7.81. The smallest absolute Gasteiger partial charge is 0.252 e. The minimum atomic E-state index is -3.75. The van der Waals surface area contributed by atoms with Gasteiger partial charge in [0.2, 0.25) is 0 Å². The summed E-state index contributed by atoms with van der Waals surface area (Å²) < 4.78 is 31.1.